The van der Waals surface area contributed by atoms with Gasteiger partial charge in [0.1, 0.15) is 17.9 Å². The van der Waals surface area contributed by atoms with Crippen LogP contribution < -0.4 is 4.74 Å². The predicted molar refractivity (Wildman–Crippen MR) is 149 cm³/mol. The minimum absolute atomic E-state index is 0.119. The Kier molecular flexibility index (Phi) is 7.94. The minimum atomic E-state index is -5.00. The van der Waals surface area contributed by atoms with Crippen molar-refractivity contribution in [1.82, 2.24) is 14.8 Å². The van der Waals surface area contributed by atoms with E-state index in [0.717, 1.165) is 34.4 Å². The molecule has 0 aliphatic carbocycles. The molecule has 0 aliphatic rings. The number of hydrogen-bond acceptors (Lipinski definition) is 4. The van der Waals surface area contributed by atoms with E-state index in [9.17, 15) is 36.2 Å². The summed E-state index contributed by atoms with van der Waals surface area (Å²) < 4.78 is 86.7. The summed E-state index contributed by atoms with van der Waals surface area (Å²) in [6.07, 6.45) is -8.79. The molecule has 0 aliphatic heterocycles. The van der Waals surface area contributed by atoms with Gasteiger partial charge in [-0.05, 0) is 72.5 Å². The highest BCUT2D eigenvalue weighted by atomic mass is 19.4. The van der Waals surface area contributed by atoms with Crippen LogP contribution in [0.4, 0.5) is 26.3 Å². The van der Waals surface area contributed by atoms with E-state index in [1.165, 1.54) is 24.3 Å². The smallest absolute Gasteiger partial charge is 0.434 e. The molecule has 0 saturated carbocycles. The van der Waals surface area contributed by atoms with Gasteiger partial charge in [0, 0.05) is 5.56 Å². The van der Waals surface area contributed by atoms with Crippen LogP contribution >= 0.6 is 0 Å². The summed E-state index contributed by atoms with van der Waals surface area (Å²) >= 11 is 0. The minimum Gasteiger partial charge on any atom is -0.488 e. The Bertz CT molecular complexity index is 1840. The van der Waals surface area contributed by atoms with E-state index in [1.807, 2.05) is 26.0 Å². The third-order valence-electron chi connectivity index (χ3n) is 6.90. The van der Waals surface area contributed by atoms with Crippen molar-refractivity contribution in [1.29, 1.82) is 0 Å². The first-order valence-corrected chi connectivity index (χ1v) is 13.1. The molecule has 1 N–H and O–H groups in total. The molecule has 0 atom stereocenters. The monoisotopic (exact) mass is 611 g/mol. The van der Waals surface area contributed by atoms with Crippen LogP contribution in [0.5, 0.6) is 5.75 Å². The molecule has 0 radical (unpaired) electrons. The fourth-order valence-electron chi connectivity index (χ4n) is 4.66. The first kappa shape index (κ1) is 30.3. The van der Waals surface area contributed by atoms with Gasteiger partial charge in [0.05, 0.1) is 17.5 Å². The lowest BCUT2D eigenvalue weighted by Gasteiger charge is -2.15. The summed E-state index contributed by atoms with van der Waals surface area (Å²) in [6, 6.07) is 20.0. The van der Waals surface area contributed by atoms with E-state index in [0.29, 0.717) is 27.8 Å². The molecule has 5 rings (SSSR count). The lowest BCUT2D eigenvalue weighted by Crippen LogP contribution is -2.18. The summed E-state index contributed by atoms with van der Waals surface area (Å²) in [5.41, 5.74) is 1.43. The number of nitrogens with zero attached hydrogens (tertiary/aromatic N) is 3. The van der Waals surface area contributed by atoms with Crippen LogP contribution in [0.2, 0.25) is 0 Å². The van der Waals surface area contributed by atoms with Crippen LogP contribution in [0.15, 0.2) is 85.1 Å². The number of carbonyl (C=O) groups is 1. The molecule has 44 heavy (non-hydrogen) atoms. The van der Waals surface area contributed by atoms with E-state index in [1.54, 1.807) is 30.3 Å². The lowest BCUT2D eigenvalue weighted by molar-refractivity contribution is -0.143. The van der Waals surface area contributed by atoms with Gasteiger partial charge >= 0.3 is 18.3 Å². The van der Waals surface area contributed by atoms with E-state index < -0.39 is 35.1 Å². The maximum absolute atomic E-state index is 13.8. The Morgan fingerprint density at radius 2 is 1.57 bits per heavy atom. The van der Waals surface area contributed by atoms with Crippen molar-refractivity contribution < 1.29 is 41.0 Å². The van der Waals surface area contributed by atoms with Gasteiger partial charge in [0.2, 0.25) is 0 Å². The number of halogens is 6. The Morgan fingerprint density at radius 1 is 0.864 bits per heavy atom. The van der Waals surface area contributed by atoms with Crippen molar-refractivity contribution in [2.45, 2.75) is 32.8 Å². The molecule has 0 bridgehead atoms. The van der Waals surface area contributed by atoms with Crippen LogP contribution in [0, 0.1) is 13.8 Å². The number of aromatic carboxylic acids is 1. The van der Waals surface area contributed by atoms with Gasteiger partial charge in [-0.3, -0.25) is 0 Å². The summed E-state index contributed by atoms with van der Waals surface area (Å²) in [5, 5.41) is 12.9. The average Bonchev–Trinajstić information content (AvgIpc) is 3.44. The SMILES string of the molecule is Cc1ccc(OCc2ccc(-c3ccc(C(F)(F)F)cc3)cc2C)c(-c2cccc(-n3ncc(C(=O)O)c3C(F)(F)F)n2)c1. The van der Waals surface area contributed by atoms with Crippen molar-refractivity contribution in [3.05, 3.63) is 119 Å². The molecule has 0 fully saturated rings. The highest BCUT2D eigenvalue weighted by molar-refractivity contribution is 5.89. The Labute approximate surface area is 247 Å². The standard InChI is InChI=1S/C32H23F6N3O3/c1-18-6-13-27(44-17-22-8-7-21(15-19(22)2)20-9-11-23(12-10-20)31(33,34)35)24(14-18)26-4-3-5-28(40-26)41-29(32(36,37)38)25(16-39-41)30(42)43/h3-16H,17H2,1-2H3,(H,42,43). The normalized spacial score (nSPS) is 11.9. The van der Waals surface area contributed by atoms with Crippen LogP contribution in [0.25, 0.3) is 28.2 Å². The van der Waals surface area contributed by atoms with Gasteiger partial charge in [-0.15, -0.1) is 0 Å². The highest BCUT2D eigenvalue weighted by Gasteiger charge is 2.41. The van der Waals surface area contributed by atoms with Gasteiger partial charge in [-0.25, -0.2) is 14.5 Å². The topological polar surface area (TPSA) is 77.2 Å². The number of carboxylic acids is 1. The fraction of sp³-hybridized carbons (Fsp3) is 0.156. The largest absolute Gasteiger partial charge is 0.488 e. The molecule has 5 aromatic rings. The summed E-state index contributed by atoms with van der Waals surface area (Å²) in [4.78, 5) is 15.8. The van der Waals surface area contributed by atoms with Crippen LogP contribution in [0.3, 0.4) is 0 Å². The quantitative estimate of drug-likeness (QED) is 0.187. The number of alkyl halides is 6. The molecule has 3 aromatic carbocycles. The zero-order valence-electron chi connectivity index (χ0n) is 23.2. The third kappa shape index (κ3) is 6.29. The Morgan fingerprint density at radius 3 is 2.20 bits per heavy atom. The summed E-state index contributed by atoms with van der Waals surface area (Å²) in [7, 11) is 0. The van der Waals surface area contributed by atoms with Crippen LogP contribution in [0.1, 0.15) is 38.3 Å². The van der Waals surface area contributed by atoms with Crippen LogP contribution in [-0.4, -0.2) is 25.8 Å². The third-order valence-corrected chi connectivity index (χ3v) is 6.90. The fourth-order valence-corrected chi connectivity index (χ4v) is 4.66. The van der Waals surface area contributed by atoms with Gasteiger partial charge in [0.15, 0.2) is 11.5 Å². The van der Waals surface area contributed by atoms with Gasteiger partial charge in [-0.1, -0.05) is 48.0 Å². The molecule has 0 amide bonds. The predicted octanol–water partition coefficient (Wildman–Crippen LogP) is 8.53. The molecule has 6 nitrogen and oxygen atoms in total. The number of carboxylic acid groups (broad SMARTS) is 1. The van der Waals surface area contributed by atoms with E-state index in [2.05, 4.69) is 10.1 Å². The number of pyridine rings is 1. The molecule has 0 spiro atoms. The second-order valence-electron chi connectivity index (χ2n) is 10.0. The molecule has 0 saturated heterocycles. The van der Waals surface area contributed by atoms with Crippen molar-refractivity contribution in [3.8, 4) is 34.0 Å². The zero-order valence-corrected chi connectivity index (χ0v) is 23.2. The molecule has 0 unspecified atom stereocenters. The first-order chi connectivity index (χ1) is 20.7. The van der Waals surface area contributed by atoms with E-state index in [-0.39, 0.29) is 18.1 Å². The van der Waals surface area contributed by atoms with Gasteiger partial charge < -0.3 is 9.84 Å². The number of benzene rings is 3. The number of hydrogen-bond donors (Lipinski definition) is 1. The van der Waals surface area contributed by atoms with Crippen molar-refractivity contribution >= 4 is 5.97 Å². The van der Waals surface area contributed by atoms with Crippen molar-refractivity contribution in [3.63, 3.8) is 0 Å². The molecule has 2 aromatic heterocycles. The van der Waals surface area contributed by atoms with Crippen molar-refractivity contribution in [2.24, 2.45) is 0 Å². The lowest BCUT2D eigenvalue weighted by atomic mass is 9.99. The second-order valence-corrected chi connectivity index (χ2v) is 10.0. The van der Waals surface area contributed by atoms with Crippen molar-refractivity contribution in [2.75, 3.05) is 0 Å². The average molecular weight is 612 g/mol. The number of aryl methyl sites for hydroxylation is 2. The van der Waals surface area contributed by atoms with Crippen LogP contribution in [-0.2, 0) is 19.0 Å². The first-order valence-electron chi connectivity index (χ1n) is 13.1. The maximum atomic E-state index is 13.8. The molecular formula is C32H23F6N3O3. The molecular weight excluding hydrogens is 588 g/mol. The Hall–Kier alpha value is -5.13. The molecule has 226 valence electrons. The van der Waals surface area contributed by atoms with E-state index >= 15 is 0 Å². The second kappa shape index (κ2) is 11.5. The maximum Gasteiger partial charge on any atom is 0.434 e. The molecule has 2 heterocycles. The van der Waals surface area contributed by atoms with Gasteiger partial charge in [-0.2, -0.15) is 31.4 Å². The number of rotatable bonds is 7. The highest BCUT2D eigenvalue weighted by Crippen LogP contribution is 2.36. The summed E-state index contributed by atoms with van der Waals surface area (Å²) in [6.45, 7) is 3.80. The number of ether oxygens (including phenoxy) is 1. The molecule has 12 heteroatoms. The van der Waals surface area contributed by atoms with E-state index in [4.69, 9.17) is 4.74 Å². The number of aromatic nitrogens is 3. The summed E-state index contributed by atoms with van der Waals surface area (Å²) in [5.74, 6) is -1.60. The Balaban J connectivity index is 1.42. The van der Waals surface area contributed by atoms with Gasteiger partial charge in [0.25, 0.3) is 0 Å². The zero-order chi connectivity index (χ0) is 31.8.